The van der Waals surface area contributed by atoms with Crippen LogP contribution in [-0.4, -0.2) is 34.5 Å². The number of nitrogens with zero attached hydrogens (tertiary/aromatic N) is 1. The van der Waals surface area contributed by atoms with Crippen molar-refractivity contribution in [3.8, 4) is 0 Å². The Hall–Kier alpha value is -1.84. The SMILES string of the molecule is Cc1ccccc1[C@@H]1C[C@@H]1C(=O)N1CCCC[C@@H]1CCC(=O)O. The van der Waals surface area contributed by atoms with Crippen molar-refractivity contribution >= 4 is 11.9 Å². The zero-order chi connectivity index (χ0) is 16.4. The summed E-state index contributed by atoms with van der Waals surface area (Å²) in [5, 5.41) is 8.91. The normalized spacial score (nSPS) is 26.8. The van der Waals surface area contributed by atoms with E-state index in [0.717, 1.165) is 32.2 Å². The topological polar surface area (TPSA) is 57.6 Å². The van der Waals surface area contributed by atoms with Gasteiger partial charge in [0.2, 0.25) is 5.91 Å². The quantitative estimate of drug-likeness (QED) is 0.906. The summed E-state index contributed by atoms with van der Waals surface area (Å²) in [5.74, 6) is -0.0761. The summed E-state index contributed by atoms with van der Waals surface area (Å²) < 4.78 is 0. The van der Waals surface area contributed by atoms with Gasteiger partial charge in [-0.3, -0.25) is 9.59 Å². The Kier molecular flexibility index (Phi) is 4.69. The summed E-state index contributed by atoms with van der Waals surface area (Å²) in [6.07, 6.45) is 4.76. The van der Waals surface area contributed by atoms with E-state index in [-0.39, 0.29) is 24.3 Å². The average Bonchev–Trinajstić information content (AvgIpc) is 3.33. The molecular formula is C19H25NO3. The molecule has 1 heterocycles. The van der Waals surface area contributed by atoms with E-state index in [0.29, 0.717) is 12.3 Å². The van der Waals surface area contributed by atoms with Gasteiger partial charge in [0.1, 0.15) is 0 Å². The lowest BCUT2D eigenvalue weighted by Crippen LogP contribution is -2.44. The fourth-order valence-electron chi connectivity index (χ4n) is 3.91. The number of amides is 1. The molecule has 4 nitrogen and oxygen atoms in total. The Labute approximate surface area is 137 Å². The van der Waals surface area contributed by atoms with Crippen LogP contribution >= 0.6 is 0 Å². The summed E-state index contributed by atoms with van der Waals surface area (Å²) >= 11 is 0. The van der Waals surface area contributed by atoms with Crippen molar-refractivity contribution in [2.75, 3.05) is 6.54 Å². The van der Waals surface area contributed by atoms with Crippen molar-refractivity contribution in [1.82, 2.24) is 4.90 Å². The van der Waals surface area contributed by atoms with Gasteiger partial charge in [-0.25, -0.2) is 0 Å². The smallest absolute Gasteiger partial charge is 0.303 e. The molecule has 2 fully saturated rings. The van der Waals surface area contributed by atoms with Crippen LogP contribution in [0.15, 0.2) is 24.3 Å². The fraction of sp³-hybridized carbons (Fsp3) is 0.579. The monoisotopic (exact) mass is 315 g/mol. The minimum Gasteiger partial charge on any atom is -0.481 e. The van der Waals surface area contributed by atoms with Crippen LogP contribution in [0.2, 0.25) is 0 Å². The van der Waals surface area contributed by atoms with Crippen molar-refractivity contribution in [1.29, 1.82) is 0 Å². The van der Waals surface area contributed by atoms with E-state index in [1.54, 1.807) is 0 Å². The molecule has 0 aromatic heterocycles. The lowest BCUT2D eigenvalue weighted by atomic mass is 9.96. The fourth-order valence-corrected chi connectivity index (χ4v) is 3.91. The number of aliphatic carboxylic acids is 1. The molecule has 0 spiro atoms. The van der Waals surface area contributed by atoms with Crippen molar-refractivity contribution < 1.29 is 14.7 Å². The van der Waals surface area contributed by atoms with Crippen LogP contribution in [0.3, 0.4) is 0 Å². The Morgan fingerprint density at radius 3 is 2.78 bits per heavy atom. The molecule has 0 radical (unpaired) electrons. The first-order chi connectivity index (χ1) is 11.1. The lowest BCUT2D eigenvalue weighted by molar-refractivity contribution is -0.140. The van der Waals surface area contributed by atoms with E-state index in [9.17, 15) is 9.59 Å². The van der Waals surface area contributed by atoms with Crippen molar-refractivity contribution in [2.45, 2.75) is 57.4 Å². The van der Waals surface area contributed by atoms with Crippen LogP contribution < -0.4 is 0 Å². The molecule has 3 rings (SSSR count). The Bertz CT molecular complexity index is 598. The number of benzene rings is 1. The van der Waals surface area contributed by atoms with Gasteiger partial charge in [0, 0.05) is 24.9 Å². The summed E-state index contributed by atoms with van der Waals surface area (Å²) in [4.78, 5) is 25.7. The minimum atomic E-state index is -0.771. The average molecular weight is 315 g/mol. The van der Waals surface area contributed by atoms with E-state index in [1.165, 1.54) is 11.1 Å². The van der Waals surface area contributed by atoms with E-state index in [4.69, 9.17) is 5.11 Å². The Morgan fingerprint density at radius 2 is 2.04 bits per heavy atom. The van der Waals surface area contributed by atoms with Gasteiger partial charge in [-0.1, -0.05) is 24.3 Å². The van der Waals surface area contributed by atoms with E-state index >= 15 is 0 Å². The lowest BCUT2D eigenvalue weighted by Gasteiger charge is -2.36. The van der Waals surface area contributed by atoms with Gasteiger partial charge in [0.05, 0.1) is 0 Å². The number of aryl methyl sites for hydroxylation is 1. The number of likely N-dealkylation sites (tertiary alicyclic amines) is 1. The summed E-state index contributed by atoms with van der Waals surface area (Å²) in [6, 6.07) is 8.42. The van der Waals surface area contributed by atoms with Gasteiger partial charge in [0.25, 0.3) is 0 Å². The molecule has 4 heteroatoms. The number of piperidine rings is 1. The number of carboxylic acids is 1. The Balaban J connectivity index is 1.65. The zero-order valence-electron chi connectivity index (χ0n) is 13.7. The first-order valence-electron chi connectivity index (χ1n) is 8.65. The minimum absolute atomic E-state index is 0.0986. The molecule has 1 aliphatic carbocycles. The highest BCUT2D eigenvalue weighted by atomic mass is 16.4. The highest BCUT2D eigenvalue weighted by molar-refractivity contribution is 5.83. The third kappa shape index (κ3) is 3.57. The molecule has 23 heavy (non-hydrogen) atoms. The highest BCUT2D eigenvalue weighted by Gasteiger charge is 2.47. The van der Waals surface area contributed by atoms with Crippen LogP contribution in [0.5, 0.6) is 0 Å². The van der Waals surface area contributed by atoms with Crippen LogP contribution in [-0.2, 0) is 9.59 Å². The van der Waals surface area contributed by atoms with Gasteiger partial charge in [-0.05, 0) is 56.1 Å². The molecule has 1 saturated heterocycles. The van der Waals surface area contributed by atoms with Crippen LogP contribution in [0.4, 0.5) is 0 Å². The van der Waals surface area contributed by atoms with Crippen LogP contribution in [0.1, 0.15) is 55.6 Å². The van der Waals surface area contributed by atoms with Gasteiger partial charge in [-0.15, -0.1) is 0 Å². The number of hydrogen-bond acceptors (Lipinski definition) is 2. The number of hydrogen-bond donors (Lipinski definition) is 1. The van der Waals surface area contributed by atoms with Crippen LogP contribution in [0, 0.1) is 12.8 Å². The molecular weight excluding hydrogens is 290 g/mol. The molecule has 1 aromatic carbocycles. The largest absolute Gasteiger partial charge is 0.481 e. The maximum Gasteiger partial charge on any atom is 0.303 e. The molecule has 1 aromatic rings. The molecule has 1 amide bonds. The number of rotatable bonds is 5. The van der Waals surface area contributed by atoms with Gasteiger partial charge in [0.15, 0.2) is 0 Å². The molecule has 1 saturated carbocycles. The molecule has 1 aliphatic heterocycles. The maximum absolute atomic E-state index is 12.9. The first kappa shape index (κ1) is 16.0. The number of carbonyl (C=O) groups is 2. The van der Waals surface area contributed by atoms with Gasteiger partial charge >= 0.3 is 5.97 Å². The van der Waals surface area contributed by atoms with Crippen molar-refractivity contribution in [2.24, 2.45) is 5.92 Å². The maximum atomic E-state index is 12.9. The second-order valence-corrected chi connectivity index (χ2v) is 6.92. The summed E-state index contributed by atoms with van der Waals surface area (Å²) in [5.41, 5.74) is 2.55. The standard InChI is InChI=1S/C19H25NO3/c1-13-6-2-3-8-15(13)16-12-17(16)19(23)20-11-5-4-7-14(20)9-10-18(21)22/h2-3,6,8,14,16-17H,4-5,7,9-12H2,1H3,(H,21,22)/t14-,16+,17+/m1/s1. The van der Waals surface area contributed by atoms with Gasteiger partial charge in [-0.2, -0.15) is 0 Å². The van der Waals surface area contributed by atoms with Crippen molar-refractivity contribution in [3.05, 3.63) is 35.4 Å². The molecule has 1 N–H and O–H groups in total. The van der Waals surface area contributed by atoms with E-state index in [2.05, 4.69) is 19.1 Å². The second kappa shape index (κ2) is 6.73. The molecule has 124 valence electrons. The molecule has 2 aliphatic rings. The third-order valence-electron chi connectivity index (χ3n) is 5.30. The molecule has 0 bridgehead atoms. The zero-order valence-corrected chi connectivity index (χ0v) is 13.7. The third-order valence-corrected chi connectivity index (χ3v) is 5.30. The van der Waals surface area contributed by atoms with Gasteiger partial charge < -0.3 is 10.0 Å². The molecule has 0 unspecified atom stereocenters. The van der Waals surface area contributed by atoms with E-state index in [1.807, 2.05) is 17.0 Å². The second-order valence-electron chi connectivity index (χ2n) is 6.92. The summed E-state index contributed by atoms with van der Waals surface area (Å²) in [6.45, 7) is 2.89. The predicted octanol–water partition coefficient (Wildman–Crippen LogP) is 3.34. The van der Waals surface area contributed by atoms with Crippen molar-refractivity contribution in [3.63, 3.8) is 0 Å². The number of carboxylic acid groups (broad SMARTS) is 1. The highest BCUT2D eigenvalue weighted by Crippen LogP contribution is 2.50. The Morgan fingerprint density at radius 1 is 1.26 bits per heavy atom. The summed E-state index contributed by atoms with van der Waals surface area (Å²) in [7, 11) is 0. The van der Waals surface area contributed by atoms with E-state index < -0.39 is 5.97 Å². The number of carbonyl (C=O) groups excluding carboxylic acids is 1. The van der Waals surface area contributed by atoms with Crippen LogP contribution in [0.25, 0.3) is 0 Å². The predicted molar refractivity (Wildman–Crippen MR) is 88.2 cm³/mol. The first-order valence-corrected chi connectivity index (χ1v) is 8.65. The molecule has 3 atom stereocenters.